The van der Waals surface area contributed by atoms with Crippen LogP contribution < -0.4 is 5.32 Å². The molecule has 25 heavy (non-hydrogen) atoms. The summed E-state index contributed by atoms with van der Waals surface area (Å²) >= 11 is 9.23. The predicted molar refractivity (Wildman–Crippen MR) is 102 cm³/mol. The largest absolute Gasteiger partial charge is 0.468 e. The zero-order chi connectivity index (χ0) is 18.2. The van der Waals surface area contributed by atoms with Crippen LogP contribution in [0.1, 0.15) is 5.56 Å². The highest BCUT2D eigenvalue weighted by molar-refractivity contribution is 9.10. The number of nitrogens with zero attached hydrogens (tertiary/aromatic N) is 1. The van der Waals surface area contributed by atoms with Crippen molar-refractivity contribution in [1.29, 1.82) is 0 Å². The van der Waals surface area contributed by atoms with Crippen LogP contribution in [0.5, 0.6) is 0 Å². The van der Waals surface area contributed by atoms with Crippen molar-refractivity contribution in [3.8, 4) is 0 Å². The van der Waals surface area contributed by atoms with Gasteiger partial charge in [-0.1, -0.05) is 39.7 Å². The van der Waals surface area contributed by atoms with E-state index in [4.69, 9.17) is 16.3 Å². The summed E-state index contributed by atoms with van der Waals surface area (Å²) in [6.07, 6.45) is 0. The van der Waals surface area contributed by atoms with Crippen molar-refractivity contribution in [3.63, 3.8) is 0 Å². The molecule has 0 aromatic heterocycles. The van der Waals surface area contributed by atoms with Gasteiger partial charge in [-0.15, -0.1) is 0 Å². The lowest BCUT2D eigenvalue weighted by Crippen LogP contribution is -2.36. The van der Waals surface area contributed by atoms with Crippen molar-refractivity contribution < 1.29 is 14.3 Å². The molecule has 132 valence electrons. The monoisotopic (exact) mass is 424 g/mol. The fourth-order valence-electron chi connectivity index (χ4n) is 2.20. The standard InChI is InChI=1S/C18H18BrClN2O3/c1-25-18(24)12-22(10-13-2-6-15(20)7-3-13)11-17(23)21-16-8-4-14(19)5-9-16/h2-9H,10-12H2,1H3,(H,21,23). The lowest BCUT2D eigenvalue weighted by molar-refractivity contribution is -0.142. The molecule has 0 saturated heterocycles. The van der Waals surface area contributed by atoms with E-state index in [0.29, 0.717) is 17.3 Å². The number of ether oxygens (including phenoxy) is 1. The Kier molecular flexibility index (Phi) is 7.43. The molecule has 1 amide bonds. The third kappa shape index (κ3) is 6.86. The second kappa shape index (κ2) is 9.56. The molecule has 5 nitrogen and oxygen atoms in total. The van der Waals surface area contributed by atoms with Gasteiger partial charge in [0.15, 0.2) is 0 Å². The number of anilines is 1. The highest BCUT2D eigenvalue weighted by Gasteiger charge is 2.16. The van der Waals surface area contributed by atoms with E-state index in [1.807, 2.05) is 24.3 Å². The number of carbonyl (C=O) groups excluding carboxylic acids is 2. The number of amides is 1. The molecular formula is C18H18BrClN2O3. The van der Waals surface area contributed by atoms with Gasteiger partial charge in [-0.2, -0.15) is 0 Å². The summed E-state index contributed by atoms with van der Waals surface area (Å²) in [5, 5.41) is 3.45. The minimum Gasteiger partial charge on any atom is -0.468 e. The first kappa shape index (κ1) is 19.4. The van der Waals surface area contributed by atoms with E-state index in [0.717, 1.165) is 10.0 Å². The Morgan fingerprint density at radius 2 is 1.72 bits per heavy atom. The zero-order valence-electron chi connectivity index (χ0n) is 13.7. The summed E-state index contributed by atoms with van der Waals surface area (Å²) in [6.45, 7) is 0.515. The molecule has 0 aliphatic heterocycles. The zero-order valence-corrected chi connectivity index (χ0v) is 16.0. The van der Waals surface area contributed by atoms with Crippen LogP contribution >= 0.6 is 27.5 Å². The quantitative estimate of drug-likeness (QED) is 0.687. The molecule has 2 aromatic rings. The van der Waals surface area contributed by atoms with Gasteiger partial charge >= 0.3 is 5.97 Å². The number of rotatable bonds is 7. The first-order valence-electron chi connectivity index (χ1n) is 7.55. The molecule has 2 rings (SSSR count). The number of nitrogens with one attached hydrogen (secondary N) is 1. The second-order valence-electron chi connectivity index (χ2n) is 5.40. The van der Waals surface area contributed by atoms with E-state index < -0.39 is 5.97 Å². The molecule has 0 bridgehead atoms. The lowest BCUT2D eigenvalue weighted by atomic mass is 10.2. The van der Waals surface area contributed by atoms with Crippen LogP contribution in [0.15, 0.2) is 53.0 Å². The molecule has 0 aliphatic rings. The molecule has 7 heteroatoms. The smallest absolute Gasteiger partial charge is 0.319 e. The lowest BCUT2D eigenvalue weighted by Gasteiger charge is -2.20. The Balaban J connectivity index is 2.01. The summed E-state index contributed by atoms with van der Waals surface area (Å²) in [6, 6.07) is 14.5. The van der Waals surface area contributed by atoms with Crippen LogP contribution in [-0.4, -0.2) is 37.0 Å². The number of esters is 1. The van der Waals surface area contributed by atoms with Crippen molar-refractivity contribution in [2.24, 2.45) is 0 Å². The summed E-state index contributed by atoms with van der Waals surface area (Å²) in [5.41, 5.74) is 1.64. The van der Waals surface area contributed by atoms with E-state index in [9.17, 15) is 9.59 Å². The number of benzene rings is 2. The van der Waals surface area contributed by atoms with Crippen molar-refractivity contribution in [1.82, 2.24) is 4.90 Å². The molecule has 1 N–H and O–H groups in total. The highest BCUT2D eigenvalue weighted by Crippen LogP contribution is 2.15. The average Bonchev–Trinajstić information content (AvgIpc) is 2.58. The van der Waals surface area contributed by atoms with E-state index in [1.54, 1.807) is 29.2 Å². The van der Waals surface area contributed by atoms with Crippen molar-refractivity contribution in [2.75, 3.05) is 25.5 Å². The van der Waals surface area contributed by atoms with E-state index >= 15 is 0 Å². The van der Waals surface area contributed by atoms with Crippen LogP contribution in [0, 0.1) is 0 Å². The molecule has 0 heterocycles. The SMILES string of the molecule is COC(=O)CN(CC(=O)Nc1ccc(Br)cc1)Cc1ccc(Cl)cc1. The normalized spacial score (nSPS) is 10.6. The van der Waals surface area contributed by atoms with Crippen LogP contribution in [0.4, 0.5) is 5.69 Å². The summed E-state index contributed by atoms with van der Waals surface area (Å²) in [4.78, 5) is 25.6. The number of hydrogen-bond acceptors (Lipinski definition) is 4. The molecule has 0 saturated carbocycles. The van der Waals surface area contributed by atoms with Crippen molar-refractivity contribution in [2.45, 2.75) is 6.54 Å². The van der Waals surface area contributed by atoms with Crippen LogP contribution in [-0.2, 0) is 20.9 Å². The van der Waals surface area contributed by atoms with Crippen LogP contribution in [0.3, 0.4) is 0 Å². The van der Waals surface area contributed by atoms with Gasteiger partial charge in [-0.25, -0.2) is 0 Å². The third-order valence-electron chi connectivity index (χ3n) is 3.40. The van der Waals surface area contributed by atoms with E-state index in [1.165, 1.54) is 7.11 Å². The molecule has 0 radical (unpaired) electrons. The highest BCUT2D eigenvalue weighted by atomic mass is 79.9. The maximum atomic E-state index is 12.3. The fourth-order valence-corrected chi connectivity index (χ4v) is 2.59. The van der Waals surface area contributed by atoms with Crippen molar-refractivity contribution in [3.05, 3.63) is 63.6 Å². The molecule has 0 fully saturated rings. The van der Waals surface area contributed by atoms with Gasteiger partial charge in [0.2, 0.25) is 5.91 Å². The molecule has 0 spiro atoms. The number of halogens is 2. The van der Waals surface area contributed by atoms with Crippen molar-refractivity contribution >= 4 is 45.1 Å². The summed E-state index contributed by atoms with van der Waals surface area (Å²) in [5.74, 6) is -0.606. The summed E-state index contributed by atoms with van der Waals surface area (Å²) < 4.78 is 5.64. The van der Waals surface area contributed by atoms with Gasteiger partial charge in [0, 0.05) is 21.7 Å². The minimum absolute atomic E-state index is 0.0207. The third-order valence-corrected chi connectivity index (χ3v) is 4.18. The predicted octanol–water partition coefficient (Wildman–Crippen LogP) is 3.72. The molecule has 0 atom stereocenters. The number of hydrogen-bond donors (Lipinski definition) is 1. The fraction of sp³-hybridized carbons (Fsp3) is 0.222. The molecular weight excluding hydrogens is 408 g/mol. The first-order valence-corrected chi connectivity index (χ1v) is 8.72. The molecule has 0 unspecified atom stereocenters. The van der Waals surface area contributed by atoms with Gasteiger partial charge in [0.1, 0.15) is 0 Å². The van der Waals surface area contributed by atoms with Gasteiger partial charge in [-0.05, 0) is 42.0 Å². The van der Waals surface area contributed by atoms with E-state index in [2.05, 4.69) is 21.2 Å². The Labute approximate surface area is 160 Å². The first-order chi connectivity index (χ1) is 12.0. The number of methoxy groups -OCH3 is 1. The topological polar surface area (TPSA) is 58.6 Å². The summed E-state index contributed by atoms with van der Waals surface area (Å²) in [7, 11) is 1.32. The Hall–Kier alpha value is -1.89. The van der Waals surface area contributed by atoms with Gasteiger partial charge < -0.3 is 10.1 Å². The minimum atomic E-state index is -0.398. The van der Waals surface area contributed by atoms with Gasteiger partial charge in [0.25, 0.3) is 0 Å². The van der Waals surface area contributed by atoms with Crippen LogP contribution in [0.25, 0.3) is 0 Å². The Bertz CT molecular complexity index is 720. The molecule has 0 aliphatic carbocycles. The maximum Gasteiger partial charge on any atom is 0.319 e. The average molecular weight is 426 g/mol. The second-order valence-corrected chi connectivity index (χ2v) is 6.75. The molecule has 2 aromatic carbocycles. The van der Waals surface area contributed by atoms with E-state index in [-0.39, 0.29) is 19.0 Å². The Morgan fingerprint density at radius 3 is 2.32 bits per heavy atom. The Morgan fingerprint density at radius 1 is 1.08 bits per heavy atom. The van der Waals surface area contributed by atoms with Crippen LogP contribution in [0.2, 0.25) is 5.02 Å². The number of carbonyl (C=O) groups is 2. The van der Waals surface area contributed by atoms with Gasteiger partial charge in [-0.3, -0.25) is 14.5 Å². The maximum absolute atomic E-state index is 12.3. The van der Waals surface area contributed by atoms with Gasteiger partial charge in [0.05, 0.1) is 20.2 Å².